The van der Waals surface area contributed by atoms with E-state index in [4.69, 9.17) is 4.42 Å². The normalized spacial score (nSPS) is 11.5. The van der Waals surface area contributed by atoms with E-state index in [9.17, 15) is 0 Å². The summed E-state index contributed by atoms with van der Waals surface area (Å²) in [6.45, 7) is 6.23. The molecule has 2 aromatic carbocycles. The highest BCUT2D eigenvalue weighted by atomic mass is 16.3. The molecule has 4 heteroatoms. The summed E-state index contributed by atoms with van der Waals surface area (Å²) in [4.78, 5) is 4.44. The van der Waals surface area contributed by atoms with Crippen molar-refractivity contribution in [2.24, 2.45) is 0 Å². The number of nitrogens with zero attached hydrogens (tertiary/aromatic N) is 3. The van der Waals surface area contributed by atoms with Crippen molar-refractivity contribution in [3.05, 3.63) is 84.2 Å². The van der Waals surface area contributed by atoms with Crippen molar-refractivity contribution in [2.75, 3.05) is 0 Å². The Bertz CT molecular complexity index is 1300. The smallest absolute Gasteiger partial charge is 0.263 e. The van der Waals surface area contributed by atoms with E-state index < -0.39 is 0 Å². The molecule has 4 nitrogen and oxygen atoms in total. The molecule has 5 rings (SSSR count). The van der Waals surface area contributed by atoms with Gasteiger partial charge in [0.1, 0.15) is 23.7 Å². The first-order valence-electron chi connectivity index (χ1n) is 9.07. The summed E-state index contributed by atoms with van der Waals surface area (Å²) in [7, 11) is 0. The van der Waals surface area contributed by atoms with E-state index in [1.807, 2.05) is 25.3 Å². The molecule has 0 N–H and O–H groups in total. The highest BCUT2D eigenvalue weighted by Gasteiger charge is 2.23. The first-order valence-corrected chi connectivity index (χ1v) is 9.07. The lowest BCUT2D eigenvalue weighted by Gasteiger charge is -2.05. The fourth-order valence-electron chi connectivity index (χ4n) is 3.78. The molecule has 27 heavy (non-hydrogen) atoms. The molecule has 5 aromatic rings. The average molecular weight is 354 g/mol. The van der Waals surface area contributed by atoms with E-state index in [1.54, 1.807) is 0 Å². The van der Waals surface area contributed by atoms with Crippen LogP contribution in [0.2, 0.25) is 0 Å². The van der Waals surface area contributed by atoms with Gasteiger partial charge in [0.2, 0.25) is 0 Å². The van der Waals surface area contributed by atoms with E-state index in [0.717, 1.165) is 44.8 Å². The Hall–Kier alpha value is -3.40. The van der Waals surface area contributed by atoms with Gasteiger partial charge < -0.3 is 4.42 Å². The molecule has 0 aliphatic heterocycles. The van der Waals surface area contributed by atoms with Gasteiger partial charge in [-0.3, -0.25) is 4.98 Å². The second-order valence-electron chi connectivity index (χ2n) is 6.95. The van der Waals surface area contributed by atoms with Crippen LogP contribution in [0, 0.1) is 20.8 Å². The Balaban J connectivity index is 1.80. The van der Waals surface area contributed by atoms with Crippen LogP contribution in [-0.2, 0) is 0 Å². The molecule has 0 aliphatic carbocycles. The maximum Gasteiger partial charge on any atom is 0.263 e. The Morgan fingerprint density at radius 2 is 1.78 bits per heavy atom. The third-order valence-corrected chi connectivity index (χ3v) is 5.18. The summed E-state index contributed by atoms with van der Waals surface area (Å²) in [6.07, 6.45) is 6.10. The number of aromatic nitrogens is 3. The van der Waals surface area contributed by atoms with Crippen molar-refractivity contribution in [3.8, 4) is 11.4 Å². The zero-order valence-electron chi connectivity index (χ0n) is 15.6. The summed E-state index contributed by atoms with van der Waals surface area (Å²) in [5.41, 5.74) is 6.13. The fourth-order valence-corrected chi connectivity index (χ4v) is 3.78. The van der Waals surface area contributed by atoms with Crippen LogP contribution in [0.4, 0.5) is 0 Å². The third-order valence-electron chi connectivity index (χ3n) is 5.18. The van der Waals surface area contributed by atoms with Gasteiger partial charge in [-0.2, -0.15) is 9.13 Å². The quantitative estimate of drug-likeness (QED) is 0.419. The van der Waals surface area contributed by atoms with Gasteiger partial charge >= 0.3 is 0 Å². The second kappa shape index (κ2) is 5.81. The largest absolute Gasteiger partial charge is 0.451 e. The lowest BCUT2D eigenvalue weighted by Crippen LogP contribution is -2.33. The van der Waals surface area contributed by atoms with Crippen molar-refractivity contribution in [1.82, 2.24) is 9.55 Å². The van der Waals surface area contributed by atoms with Crippen LogP contribution < -0.4 is 4.57 Å². The first-order chi connectivity index (χ1) is 13.1. The van der Waals surface area contributed by atoms with Crippen molar-refractivity contribution in [2.45, 2.75) is 20.8 Å². The van der Waals surface area contributed by atoms with Crippen molar-refractivity contribution in [1.29, 1.82) is 0 Å². The fraction of sp³-hybridized carbons (Fsp3) is 0.130. The topological polar surface area (TPSA) is 34.8 Å². The van der Waals surface area contributed by atoms with Gasteiger partial charge in [-0.25, -0.2) is 0 Å². The molecule has 0 saturated heterocycles. The van der Waals surface area contributed by atoms with Crippen LogP contribution in [0.3, 0.4) is 0 Å². The Morgan fingerprint density at radius 3 is 2.59 bits per heavy atom. The van der Waals surface area contributed by atoms with Crippen molar-refractivity contribution >= 4 is 21.9 Å². The molecule has 0 saturated carbocycles. The van der Waals surface area contributed by atoms with E-state index in [-0.39, 0.29) is 0 Å². The van der Waals surface area contributed by atoms with Gasteiger partial charge in [0.15, 0.2) is 11.3 Å². The molecule has 132 valence electrons. The van der Waals surface area contributed by atoms with E-state index >= 15 is 0 Å². The number of hydrogen-bond acceptors (Lipinski definition) is 2. The number of benzene rings is 2. The molecule has 0 amide bonds. The second-order valence-corrected chi connectivity index (χ2v) is 6.95. The monoisotopic (exact) mass is 354 g/mol. The van der Waals surface area contributed by atoms with Crippen molar-refractivity contribution < 1.29 is 8.98 Å². The number of pyridine rings is 1. The lowest BCUT2D eigenvalue weighted by atomic mass is 10.1. The van der Waals surface area contributed by atoms with E-state index in [0.29, 0.717) is 0 Å². The summed E-state index contributed by atoms with van der Waals surface area (Å²) in [6, 6.07) is 16.6. The minimum Gasteiger partial charge on any atom is -0.451 e. The molecule has 0 fully saturated rings. The predicted molar refractivity (Wildman–Crippen MR) is 107 cm³/mol. The van der Waals surface area contributed by atoms with Crippen LogP contribution in [0.5, 0.6) is 0 Å². The highest BCUT2D eigenvalue weighted by molar-refractivity contribution is 6.06. The number of furan rings is 1. The zero-order chi connectivity index (χ0) is 18.5. The molecule has 0 radical (unpaired) electrons. The van der Waals surface area contributed by atoms with Crippen LogP contribution >= 0.6 is 0 Å². The van der Waals surface area contributed by atoms with Gasteiger partial charge in [-0.05, 0) is 32.0 Å². The Labute approximate surface area is 157 Å². The van der Waals surface area contributed by atoms with Crippen LogP contribution in [-0.4, -0.2) is 9.55 Å². The summed E-state index contributed by atoms with van der Waals surface area (Å²) >= 11 is 0. The first kappa shape index (κ1) is 15.8. The van der Waals surface area contributed by atoms with Gasteiger partial charge in [-0.15, -0.1) is 0 Å². The SMILES string of the molecule is Cc1cc2oc3c(-[n+]4ccn(-c5ccccc5)c4C)c(C)ccc3c2cn1. The van der Waals surface area contributed by atoms with Crippen LogP contribution in [0.15, 0.2) is 71.5 Å². The summed E-state index contributed by atoms with van der Waals surface area (Å²) in [5.74, 6) is 1.12. The van der Waals surface area contributed by atoms with E-state index in [2.05, 4.69) is 76.8 Å². The van der Waals surface area contributed by atoms with Gasteiger partial charge in [0.25, 0.3) is 5.82 Å². The maximum absolute atomic E-state index is 6.30. The predicted octanol–water partition coefficient (Wildman–Crippen LogP) is 4.97. The third kappa shape index (κ3) is 2.37. The number of imidazole rings is 1. The summed E-state index contributed by atoms with van der Waals surface area (Å²) in [5, 5.41) is 2.15. The van der Waals surface area contributed by atoms with Gasteiger partial charge in [-0.1, -0.05) is 24.3 Å². The average Bonchev–Trinajstić information content (AvgIpc) is 3.22. The molecule has 0 atom stereocenters. The molecule has 3 aromatic heterocycles. The summed E-state index contributed by atoms with van der Waals surface area (Å²) < 4.78 is 10.7. The Morgan fingerprint density at radius 1 is 0.963 bits per heavy atom. The molecule has 3 heterocycles. The number of hydrogen-bond donors (Lipinski definition) is 0. The van der Waals surface area contributed by atoms with Gasteiger partial charge in [0, 0.05) is 41.2 Å². The highest BCUT2D eigenvalue weighted by Crippen LogP contribution is 2.32. The number of fused-ring (bicyclic) bond motifs is 3. The molecule has 0 unspecified atom stereocenters. The van der Waals surface area contributed by atoms with Crippen LogP contribution in [0.25, 0.3) is 33.3 Å². The van der Waals surface area contributed by atoms with Gasteiger partial charge in [0.05, 0.1) is 0 Å². The molecular formula is C23H20N3O+. The minimum absolute atomic E-state index is 0.880. The molecule has 0 bridgehead atoms. The number of para-hydroxylation sites is 1. The van der Waals surface area contributed by atoms with E-state index in [1.165, 1.54) is 5.56 Å². The Kier molecular flexibility index (Phi) is 3.41. The lowest BCUT2D eigenvalue weighted by molar-refractivity contribution is -0.601. The number of aryl methyl sites for hydroxylation is 2. The number of rotatable bonds is 2. The van der Waals surface area contributed by atoms with Crippen LogP contribution in [0.1, 0.15) is 17.1 Å². The molecule has 0 spiro atoms. The molecule has 0 aliphatic rings. The van der Waals surface area contributed by atoms with Crippen molar-refractivity contribution in [3.63, 3.8) is 0 Å². The minimum atomic E-state index is 0.880. The zero-order valence-corrected chi connectivity index (χ0v) is 15.6. The maximum atomic E-state index is 6.30. The standard InChI is InChI=1S/C23H20N3O/c1-15-9-10-19-20-14-24-16(2)13-21(20)27-23(19)22(15)26-12-11-25(17(26)3)18-7-5-4-6-8-18/h4-14H,1-3H3/q+1. The molecular weight excluding hydrogens is 334 g/mol.